The Kier molecular flexibility index (Phi) is 4.14. The van der Waals surface area contributed by atoms with Gasteiger partial charge in [-0.15, -0.1) is 0 Å². The lowest BCUT2D eigenvalue weighted by Gasteiger charge is -2.27. The van der Waals surface area contributed by atoms with Gasteiger partial charge in [0, 0.05) is 0 Å². The number of hydrogen-bond donors (Lipinski definition) is 0. The first-order valence-corrected chi connectivity index (χ1v) is 9.32. The van der Waals surface area contributed by atoms with Crippen LogP contribution in [0.15, 0.2) is 42.5 Å². The number of likely N-dealkylation sites (tertiary alicyclic amines) is 1. The van der Waals surface area contributed by atoms with E-state index in [1.165, 1.54) is 0 Å². The van der Waals surface area contributed by atoms with Crippen molar-refractivity contribution in [2.45, 2.75) is 38.5 Å². The van der Waals surface area contributed by atoms with Crippen molar-refractivity contribution in [2.75, 3.05) is 13.2 Å². The van der Waals surface area contributed by atoms with E-state index >= 15 is 0 Å². The zero-order valence-electron chi connectivity index (χ0n) is 15.4. The predicted molar refractivity (Wildman–Crippen MR) is 96.1 cm³/mol. The lowest BCUT2D eigenvalue weighted by molar-refractivity contribution is -0.155. The fourth-order valence-electron chi connectivity index (χ4n) is 4.38. The van der Waals surface area contributed by atoms with Gasteiger partial charge in [-0.2, -0.15) is 0 Å². The second kappa shape index (κ2) is 6.23. The maximum atomic E-state index is 13.2. The van der Waals surface area contributed by atoms with Crippen LogP contribution in [0.5, 0.6) is 0 Å². The topological polar surface area (TPSA) is 55.8 Å². The number of carbonyl (C=O) groups excluding carboxylic acids is 2. The summed E-state index contributed by atoms with van der Waals surface area (Å²) in [4.78, 5) is 27.7. The molecule has 26 heavy (non-hydrogen) atoms. The molecule has 3 aliphatic rings. The maximum Gasteiger partial charge on any atom is 0.312 e. The number of rotatable bonds is 5. The number of carbonyl (C=O) groups is 2. The van der Waals surface area contributed by atoms with Crippen LogP contribution in [0, 0.1) is 17.8 Å². The highest BCUT2D eigenvalue weighted by Gasteiger charge is 2.67. The lowest BCUT2D eigenvalue weighted by atomic mass is 9.77. The molecule has 4 rings (SSSR count). The average molecular weight is 355 g/mol. The van der Waals surface area contributed by atoms with E-state index in [-0.39, 0.29) is 29.9 Å². The highest BCUT2D eigenvalue weighted by atomic mass is 16.6. The predicted octanol–water partition coefficient (Wildman–Crippen LogP) is 2.73. The Morgan fingerprint density at radius 3 is 2.73 bits per heavy atom. The molecule has 0 unspecified atom stereocenters. The van der Waals surface area contributed by atoms with Crippen molar-refractivity contribution in [2.24, 2.45) is 17.8 Å². The van der Waals surface area contributed by atoms with Gasteiger partial charge in [-0.05, 0) is 18.4 Å². The van der Waals surface area contributed by atoms with E-state index in [2.05, 4.69) is 0 Å². The molecule has 2 fully saturated rings. The van der Waals surface area contributed by atoms with E-state index in [0.717, 1.165) is 5.56 Å². The van der Waals surface area contributed by atoms with Crippen LogP contribution in [0.2, 0.25) is 0 Å². The van der Waals surface area contributed by atoms with Gasteiger partial charge in [0.2, 0.25) is 5.91 Å². The largest absolute Gasteiger partial charge is 0.465 e. The Labute approximate surface area is 154 Å². The van der Waals surface area contributed by atoms with Gasteiger partial charge in [-0.25, -0.2) is 0 Å². The molecule has 2 saturated heterocycles. The number of amides is 1. The van der Waals surface area contributed by atoms with Crippen LogP contribution < -0.4 is 0 Å². The van der Waals surface area contributed by atoms with Crippen molar-refractivity contribution < 1.29 is 19.1 Å². The van der Waals surface area contributed by atoms with E-state index in [9.17, 15) is 9.59 Å². The minimum absolute atomic E-state index is 0.0142. The normalized spacial score (nSPS) is 33.0. The second-order valence-electron chi connectivity index (χ2n) is 7.98. The van der Waals surface area contributed by atoms with Gasteiger partial charge in [0.25, 0.3) is 0 Å². The fraction of sp³-hybridized carbons (Fsp3) is 0.524. The summed E-state index contributed by atoms with van der Waals surface area (Å²) in [6.07, 6.45) is 3.55. The smallest absolute Gasteiger partial charge is 0.312 e. The van der Waals surface area contributed by atoms with Crippen LogP contribution in [-0.4, -0.2) is 41.6 Å². The van der Waals surface area contributed by atoms with Crippen LogP contribution in [0.1, 0.15) is 32.4 Å². The molecule has 1 amide bonds. The van der Waals surface area contributed by atoms with E-state index in [1.807, 2.05) is 68.2 Å². The van der Waals surface area contributed by atoms with Crippen molar-refractivity contribution in [3.63, 3.8) is 0 Å². The number of ether oxygens (including phenoxy) is 2. The molecule has 0 aliphatic carbocycles. The average Bonchev–Trinajstić information content (AvgIpc) is 3.28. The molecule has 5 heteroatoms. The molecule has 0 radical (unpaired) electrons. The summed E-state index contributed by atoms with van der Waals surface area (Å²) in [6, 6.07) is 9.88. The number of fused-ring (bicyclic) bond motifs is 1. The van der Waals surface area contributed by atoms with Crippen molar-refractivity contribution in [1.29, 1.82) is 0 Å². The van der Waals surface area contributed by atoms with Crippen molar-refractivity contribution in [3.8, 4) is 0 Å². The molecule has 1 aromatic rings. The summed E-state index contributed by atoms with van der Waals surface area (Å²) >= 11 is 0. The van der Waals surface area contributed by atoms with E-state index in [0.29, 0.717) is 13.2 Å². The maximum absolute atomic E-state index is 13.2. The molecule has 1 spiro atoms. The number of hydrogen-bond acceptors (Lipinski definition) is 4. The quantitative estimate of drug-likeness (QED) is 0.602. The van der Waals surface area contributed by atoms with Gasteiger partial charge in [-0.3, -0.25) is 9.59 Å². The lowest BCUT2D eigenvalue weighted by Crippen LogP contribution is -2.40. The molecule has 0 aromatic heterocycles. The number of esters is 1. The van der Waals surface area contributed by atoms with E-state index in [4.69, 9.17) is 9.47 Å². The molecule has 0 N–H and O–H groups in total. The molecule has 138 valence electrons. The van der Waals surface area contributed by atoms with Crippen LogP contribution in [0.3, 0.4) is 0 Å². The van der Waals surface area contributed by atoms with Crippen LogP contribution in [-0.2, 0) is 19.1 Å². The first kappa shape index (κ1) is 17.3. The van der Waals surface area contributed by atoms with Crippen LogP contribution in [0.25, 0.3) is 0 Å². The Morgan fingerprint density at radius 1 is 1.31 bits per heavy atom. The second-order valence-corrected chi connectivity index (χ2v) is 7.98. The van der Waals surface area contributed by atoms with Gasteiger partial charge in [-0.1, -0.05) is 56.3 Å². The summed E-state index contributed by atoms with van der Waals surface area (Å²) in [5.74, 6) is -1.10. The Balaban J connectivity index is 1.58. The first-order valence-electron chi connectivity index (χ1n) is 9.32. The summed E-state index contributed by atoms with van der Waals surface area (Å²) in [6.45, 7) is 6.86. The highest BCUT2D eigenvalue weighted by Crippen LogP contribution is 2.53. The van der Waals surface area contributed by atoms with Crippen LogP contribution in [0.4, 0.5) is 0 Å². The molecule has 5 atom stereocenters. The molecule has 5 nitrogen and oxygen atoms in total. The Bertz CT molecular complexity index is 744. The summed E-state index contributed by atoms with van der Waals surface area (Å²) in [5, 5.41) is 0. The highest BCUT2D eigenvalue weighted by molar-refractivity contribution is 5.91. The van der Waals surface area contributed by atoms with E-state index < -0.39 is 17.4 Å². The summed E-state index contributed by atoms with van der Waals surface area (Å²) < 4.78 is 11.6. The molecular formula is C21H25NO4. The fourth-order valence-corrected chi connectivity index (χ4v) is 4.38. The third-order valence-corrected chi connectivity index (χ3v) is 5.71. The van der Waals surface area contributed by atoms with Crippen molar-refractivity contribution in [1.82, 2.24) is 4.90 Å². The summed E-state index contributed by atoms with van der Waals surface area (Å²) in [7, 11) is 0. The minimum Gasteiger partial charge on any atom is -0.465 e. The van der Waals surface area contributed by atoms with Crippen LogP contribution >= 0.6 is 0 Å². The van der Waals surface area contributed by atoms with Gasteiger partial charge in [0.1, 0.15) is 11.5 Å². The molecule has 2 bridgehead atoms. The van der Waals surface area contributed by atoms with E-state index in [1.54, 1.807) is 0 Å². The van der Waals surface area contributed by atoms with Gasteiger partial charge < -0.3 is 14.4 Å². The Morgan fingerprint density at radius 2 is 2.04 bits per heavy atom. The number of nitrogens with zero attached hydrogens (tertiary/aromatic N) is 1. The standard InChI is InChI=1S/C21H25NO4/c1-13(2)11-25-20(24)17-16-9-10-21(26-16)12-22(19(23)18(17)21)14(3)15-7-5-4-6-8-15/h4-10,13-14,16-18H,11-12H2,1-3H3/t14-,16-,17-,18-,21+/m1/s1. The monoisotopic (exact) mass is 355 g/mol. The SMILES string of the molecule is CC(C)COC(=O)[C@@H]1[C@H]2C=C[C@@]3(CN([C@H](C)c4ccccc4)C(=O)[C@@H]13)O2. The van der Waals surface area contributed by atoms with Gasteiger partial charge in [0.05, 0.1) is 31.2 Å². The third-order valence-electron chi connectivity index (χ3n) is 5.71. The number of benzene rings is 1. The van der Waals surface area contributed by atoms with Crippen molar-refractivity contribution >= 4 is 11.9 Å². The molecular weight excluding hydrogens is 330 g/mol. The molecule has 3 aliphatic heterocycles. The first-order chi connectivity index (χ1) is 12.4. The van der Waals surface area contributed by atoms with Crippen molar-refractivity contribution in [3.05, 3.63) is 48.0 Å². The zero-order valence-corrected chi connectivity index (χ0v) is 15.4. The summed E-state index contributed by atoms with van der Waals surface area (Å²) in [5.41, 5.74) is 0.390. The molecule has 3 heterocycles. The zero-order chi connectivity index (χ0) is 18.5. The van der Waals surface area contributed by atoms with Gasteiger partial charge in [0.15, 0.2) is 0 Å². The minimum atomic E-state index is -0.688. The molecule has 0 saturated carbocycles. The molecule has 1 aromatic carbocycles. The third kappa shape index (κ3) is 2.57. The Hall–Kier alpha value is -2.14. The van der Waals surface area contributed by atoms with Gasteiger partial charge >= 0.3 is 5.97 Å².